The molecule has 5 heteroatoms. The Kier molecular flexibility index (Phi) is 4.52. The Balaban J connectivity index is 1.60. The van der Waals surface area contributed by atoms with Crippen LogP contribution >= 0.6 is 15.9 Å². The molecule has 2 fully saturated rings. The second-order valence-electron chi connectivity index (χ2n) is 6.35. The predicted octanol–water partition coefficient (Wildman–Crippen LogP) is 3.62. The minimum atomic E-state index is -0.843. The van der Waals surface area contributed by atoms with E-state index in [9.17, 15) is 9.59 Å². The molecule has 22 heavy (non-hydrogen) atoms. The molecule has 0 saturated heterocycles. The van der Waals surface area contributed by atoms with E-state index in [4.69, 9.17) is 0 Å². The molecule has 0 spiro atoms. The molecule has 0 aliphatic heterocycles. The third kappa shape index (κ3) is 3.35. The highest BCUT2D eigenvalue weighted by Crippen LogP contribution is 2.47. The number of benzene rings is 1. The van der Waals surface area contributed by atoms with Crippen LogP contribution in [0.4, 0.5) is 5.69 Å². The van der Waals surface area contributed by atoms with Crippen LogP contribution in [0, 0.1) is 5.41 Å². The fraction of sp³-hybridized carbons (Fsp3) is 0.529. The number of hydrogen-bond donors (Lipinski definition) is 2. The predicted molar refractivity (Wildman–Crippen MR) is 89.5 cm³/mol. The molecule has 0 bridgehead atoms. The van der Waals surface area contributed by atoms with Crippen molar-refractivity contribution in [3.63, 3.8) is 0 Å². The smallest absolute Gasteiger partial charge is 0.240 e. The molecule has 0 aromatic heterocycles. The molecule has 0 unspecified atom stereocenters. The van der Waals surface area contributed by atoms with Crippen molar-refractivity contribution in [2.45, 2.75) is 51.0 Å². The maximum absolute atomic E-state index is 12.5. The molecular formula is C17H21BrN2O2. The largest absolute Gasteiger partial charge is 0.352 e. The fourth-order valence-electron chi connectivity index (χ4n) is 3.04. The van der Waals surface area contributed by atoms with Gasteiger partial charge in [-0.1, -0.05) is 35.2 Å². The zero-order valence-electron chi connectivity index (χ0n) is 12.5. The first-order valence-corrected chi connectivity index (χ1v) is 8.77. The van der Waals surface area contributed by atoms with E-state index in [2.05, 4.69) is 26.6 Å². The Hall–Kier alpha value is -1.36. The number of anilines is 1. The van der Waals surface area contributed by atoms with Gasteiger partial charge in [-0.05, 0) is 49.9 Å². The van der Waals surface area contributed by atoms with E-state index in [0.29, 0.717) is 12.8 Å². The lowest BCUT2D eigenvalue weighted by Crippen LogP contribution is -2.45. The average Bonchev–Trinajstić information content (AvgIpc) is 3.32. The summed E-state index contributed by atoms with van der Waals surface area (Å²) in [6, 6.07) is 7.65. The van der Waals surface area contributed by atoms with Gasteiger partial charge in [0.05, 0.1) is 0 Å². The summed E-state index contributed by atoms with van der Waals surface area (Å²) in [5, 5.41) is 5.96. The number of carbonyl (C=O) groups is 2. The Morgan fingerprint density at radius 3 is 2.23 bits per heavy atom. The second kappa shape index (κ2) is 6.41. The first kappa shape index (κ1) is 15.5. The zero-order valence-corrected chi connectivity index (χ0v) is 14.1. The standard InChI is InChI=1S/C17H21BrN2O2/c18-12-6-8-14(9-7-12)20-16(22)17(10-11-17)15(21)19-13-4-2-1-3-5-13/h6-9,13H,1-5,10-11H2,(H,19,21)(H,20,22). The lowest BCUT2D eigenvalue weighted by molar-refractivity contribution is -0.135. The highest BCUT2D eigenvalue weighted by Gasteiger charge is 2.56. The normalized spacial score (nSPS) is 20.2. The van der Waals surface area contributed by atoms with Crippen molar-refractivity contribution in [2.24, 2.45) is 5.41 Å². The lowest BCUT2D eigenvalue weighted by Gasteiger charge is -2.25. The Bertz CT molecular complexity index is 561. The maximum Gasteiger partial charge on any atom is 0.240 e. The van der Waals surface area contributed by atoms with Crippen LogP contribution in [0.2, 0.25) is 0 Å². The Labute approximate surface area is 139 Å². The molecule has 0 heterocycles. The van der Waals surface area contributed by atoms with Crippen LogP contribution < -0.4 is 10.6 Å². The minimum Gasteiger partial charge on any atom is -0.352 e. The molecule has 2 aliphatic rings. The maximum atomic E-state index is 12.5. The summed E-state index contributed by atoms with van der Waals surface area (Å²) in [5.41, 5.74) is -0.116. The Morgan fingerprint density at radius 2 is 1.64 bits per heavy atom. The van der Waals surface area contributed by atoms with Crippen LogP contribution in [-0.4, -0.2) is 17.9 Å². The van der Waals surface area contributed by atoms with Gasteiger partial charge in [0, 0.05) is 16.2 Å². The van der Waals surface area contributed by atoms with Gasteiger partial charge in [-0.3, -0.25) is 9.59 Å². The number of amides is 2. The second-order valence-corrected chi connectivity index (χ2v) is 7.27. The van der Waals surface area contributed by atoms with Gasteiger partial charge in [0.15, 0.2) is 0 Å². The van der Waals surface area contributed by atoms with E-state index in [1.54, 1.807) is 0 Å². The van der Waals surface area contributed by atoms with Crippen molar-refractivity contribution in [1.29, 1.82) is 0 Å². The molecule has 2 amide bonds. The van der Waals surface area contributed by atoms with Crippen LogP contribution in [0.3, 0.4) is 0 Å². The first-order valence-electron chi connectivity index (χ1n) is 7.98. The third-order valence-electron chi connectivity index (χ3n) is 4.66. The lowest BCUT2D eigenvalue weighted by atomic mass is 9.94. The first-order chi connectivity index (χ1) is 10.6. The quantitative estimate of drug-likeness (QED) is 0.801. The van der Waals surface area contributed by atoms with Crippen LogP contribution in [0.5, 0.6) is 0 Å². The molecule has 0 atom stereocenters. The Morgan fingerprint density at radius 1 is 1.00 bits per heavy atom. The van der Waals surface area contributed by atoms with E-state index in [1.165, 1.54) is 19.3 Å². The van der Waals surface area contributed by atoms with Crippen molar-refractivity contribution in [1.82, 2.24) is 5.32 Å². The molecule has 2 aliphatic carbocycles. The van der Waals surface area contributed by atoms with Crippen molar-refractivity contribution in [3.8, 4) is 0 Å². The van der Waals surface area contributed by atoms with Gasteiger partial charge in [-0.25, -0.2) is 0 Å². The average molecular weight is 365 g/mol. The van der Waals surface area contributed by atoms with Crippen molar-refractivity contribution in [3.05, 3.63) is 28.7 Å². The number of hydrogen-bond acceptors (Lipinski definition) is 2. The molecule has 118 valence electrons. The summed E-state index contributed by atoms with van der Waals surface area (Å²) in [5.74, 6) is -0.267. The zero-order chi connectivity index (χ0) is 15.6. The number of halogens is 1. The molecule has 0 radical (unpaired) electrons. The summed E-state index contributed by atoms with van der Waals surface area (Å²) >= 11 is 3.37. The summed E-state index contributed by atoms with van der Waals surface area (Å²) in [6.07, 6.45) is 6.96. The van der Waals surface area contributed by atoms with E-state index in [-0.39, 0.29) is 17.9 Å². The SMILES string of the molecule is O=C(Nc1ccc(Br)cc1)C1(C(=O)NC2CCCCC2)CC1. The van der Waals surface area contributed by atoms with E-state index in [0.717, 1.165) is 23.0 Å². The number of nitrogens with one attached hydrogen (secondary N) is 2. The summed E-state index contributed by atoms with van der Waals surface area (Å²) in [6.45, 7) is 0. The molecule has 3 rings (SSSR count). The van der Waals surface area contributed by atoms with Crippen LogP contribution in [-0.2, 0) is 9.59 Å². The van der Waals surface area contributed by atoms with Crippen LogP contribution in [0.25, 0.3) is 0 Å². The molecular weight excluding hydrogens is 344 g/mol. The van der Waals surface area contributed by atoms with Gasteiger partial charge in [0.25, 0.3) is 0 Å². The summed E-state index contributed by atoms with van der Waals surface area (Å²) in [4.78, 5) is 25.0. The molecule has 2 saturated carbocycles. The van der Waals surface area contributed by atoms with Gasteiger partial charge in [-0.2, -0.15) is 0 Å². The molecule has 4 nitrogen and oxygen atoms in total. The van der Waals surface area contributed by atoms with E-state index >= 15 is 0 Å². The van der Waals surface area contributed by atoms with Crippen molar-refractivity contribution >= 4 is 33.4 Å². The molecule has 1 aromatic rings. The van der Waals surface area contributed by atoms with Crippen molar-refractivity contribution < 1.29 is 9.59 Å². The monoisotopic (exact) mass is 364 g/mol. The van der Waals surface area contributed by atoms with Gasteiger partial charge < -0.3 is 10.6 Å². The molecule has 1 aromatic carbocycles. The van der Waals surface area contributed by atoms with Crippen LogP contribution in [0.1, 0.15) is 44.9 Å². The van der Waals surface area contributed by atoms with E-state index in [1.807, 2.05) is 24.3 Å². The number of carbonyl (C=O) groups excluding carboxylic acids is 2. The summed E-state index contributed by atoms with van der Waals surface area (Å²) < 4.78 is 0.960. The fourth-order valence-corrected chi connectivity index (χ4v) is 3.30. The topological polar surface area (TPSA) is 58.2 Å². The van der Waals surface area contributed by atoms with Crippen LogP contribution in [0.15, 0.2) is 28.7 Å². The molecule has 2 N–H and O–H groups in total. The highest BCUT2D eigenvalue weighted by molar-refractivity contribution is 9.10. The third-order valence-corrected chi connectivity index (χ3v) is 5.19. The minimum absolute atomic E-state index is 0.0889. The van der Waals surface area contributed by atoms with Gasteiger partial charge >= 0.3 is 0 Å². The van der Waals surface area contributed by atoms with Gasteiger partial charge in [-0.15, -0.1) is 0 Å². The highest BCUT2D eigenvalue weighted by atomic mass is 79.9. The number of rotatable bonds is 4. The van der Waals surface area contributed by atoms with Gasteiger partial charge in [0.2, 0.25) is 11.8 Å². The van der Waals surface area contributed by atoms with Gasteiger partial charge in [0.1, 0.15) is 5.41 Å². The van der Waals surface area contributed by atoms with E-state index < -0.39 is 5.41 Å². The van der Waals surface area contributed by atoms with Crippen molar-refractivity contribution in [2.75, 3.05) is 5.32 Å². The summed E-state index contributed by atoms with van der Waals surface area (Å²) in [7, 11) is 0.